The van der Waals surface area contributed by atoms with Crippen LogP contribution in [0, 0.1) is 0 Å². The van der Waals surface area contributed by atoms with Gasteiger partial charge in [0.1, 0.15) is 6.10 Å². The zero-order valence-corrected chi connectivity index (χ0v) is 11.9. The van der Waals surface area contributed by atoms with Crippen molar-refractivity contribution in [3.63, 3.8) is 0 Å². The molecule has 1 N–H and O–H groups in total. The number of aromatic nitrogens is 1. The average molecular weight is 304 g/mol. The van der Waals surface area contributed by atoms with Gasteiger partial charge in [-0.15, -0.1) is 0 Å². The number of para-hydroxylation sites is 1. The molecule has 20 heavy (non-hydrogen) atoms. The zero-order chi connectivity index (χ0) is 14.1. The number of rotatable bonds is 2. The van der Waals surface area contributed by atoms with E-state index in [9.17, 15) is 5.11 Å². The molecule has 0 fully saturated rings. The molecule has 0 spiro atoms. The third-order valence-electron chi connectivity index (χ3n) is 3.16. The minimum atomic E-state index is -0.825. The molecule has 0 aliphatic heterocycles. The molecule has 4 heteroatoms. The summed E-state index contributed by atoms with van der Waals surface area (Å²) in [6.45, 7) is 0. The minimum absolute atomic E-state index is 0.420. The van der Waals surface area contributed by atoms with Gasteiger partial charge in [-0.2, -0.15) is 0 Å². The van der Waals surface area contributed by atoms with Crippen LogP contribution < -0.4 is 0 Å². The van der Waals surface area contributed by atoms with E-state index in [-0.39, 0.29) is 0 Å². The fraction of sp³-hybridized carbons (Fsp3) is 0.0625. The van der Waals surface area contributed by atoms with Crippen molar-refractivity contribution in [1.82, 2.24) is 4.98 Å². The summed E-state index contributed by atoms with van der Waals surface area (Å²) in [6, 6.07) is 16.6. The molecule has 1 heterocycles. The van der Waals surface area contributed by atoms with Gasteiger partial charge in [0.15, 0.2) is 0 Å². The summed E-state index contributed by atoms with van der Waals surface area (Å²) in [6.07, 6.45) is -0.825. The van der Waals surface area contributed by atoms with Gasteiger partial charge >= 0.3 is 0 Å². The molecule has 0 radical (unpaired) electrons. The Morgan fingerprint density at radius 2 is 1.70 bits per heavy atom. The molecule has 0 aliphatic carbocycles. The maximum absolute atomic E-state index is 10.4. The lowest BCUT2D eigenvalue weighted by atomic mass is 10.1. The highest BCUT2D eigenvalue weighted by atomic mass is 35.5. The molecule has 0 bridgehead atoms. The minimum Gasteiger partial charge on any atom is -0.382 e. The van der Waals surface area contributed by atoms with Crippen molar-refractivity contribution < 1.29 is 5.11 Å². The molecule has 2 aromatic carbocycles. The largest absolute Gasteiger partial charge is 0.382 e. The van der Waals surface area contributed by atoms with E-state index in [1.54, 1.807) is 18.2 Å². The first-order valence-electron chi connectivity index (χ1n) is 6.14. The van der Waals surface area contributed by atoms with Crippen LogP contribution in [0.4, 0.5) is 0 Å². The number of hydrogen-bond acceptors (Lipinski definition) is 2. The van der Waals surface area contributed by atoms with Crippen LogP contribution in [0.5, 0.6) is 0 Å². The van der Waals surface area contributed by atoms with Crippen LogP contribution in [0.3, 0.4) is 0 Å². The fourth-order valence-electron chi connectivity index (χ4n) is 2.09. The van der Waals surface area contributed by atoms with E-state index in [1.807, 2.05) is 36.4 Å². The number of aliphatic hydroxyl groups is 1. The maximum atomic E-state index is 10.4. The molecule has 3 rings (SSSR count). The number of benzene rings is 2. The fourth-order valence-corrected chi connectivity index (χ4v) is 2.39. The molecule has 1 unspecified atom stereocenters. The lowest BCUT2D eigenvalue weighted by Crippen LogP contribution is -2.02. The van der Waals surface area contributed by atoms with Crippen LogP contribution in [0.15, 0.2) is 54.6 Å². The Morgan fingerprint density at radius 3 is 2.50 bits per heavy atom. The molecule has 0 saturated heterocycles. The average Bonchev–Trinajstić information content (AvgIpc) is 2.49. The van der Waals surface area contributed by atoms with Crippen molar-refractivity contribution in [3.8, 4) is 0 Å². The smallest absolute Gasteiger partial charge is 0.121 e. The topological polar surface area (TPSA) is 33.1 Å². The molecular weight excluding hydrogens is 293 g/mol. The highest BCUT2D eigenvalue weighted by Gasteiger charge is 2.13. The molecule has 0 saturated carbocycles. The summed E-state index contributed by atoms with van der Waals surface area (Å²) in [7, 11) is 0. The Bertz CT molecular complexity index is 773. The second-order valence-corrected chi connectivity index (χ2v) is 5.32. The van der Waals surface area contributed by atoms with Crippen molar-refractivity contribution in [2.45, 2.75) is 6.10 Å². The van der Waals surface area contributed by atoms with E-state index in [4.69, 9.17) is 23.2 Å². The van der Waals surface area contributed by atoms with Crippen LogP contribution in [0.2, 0.25) is 10.0 Å². The van der Waals surface area contributed by atoms with Gasteiger partial charge in [0, 0.05) is 5.39 Å². The van der Waals surface area contributed by atoms with E-state index in [0.29, 0.717) is 21.3 Å². The molecule has 100 valence electrons. The third kappa shape index (κ3) is 2.50. The van der Waals surface area contributed by atoms with Gasteiger partial charge in [0.2, 0.25) is 0 Å². The van der Waals surface area contributed by atoms with Gasteiger partial charge in [-0.25, -0.2) is 4.98 Å². The maximum Gasteiger partial charge on any atom is 0.121 e. The number of halogens is 2. The Balaban J connectivity index is 2.02. The van der Waals surface area contributed by atoms with Crippen LogP contribution in [0.25, 0.3) is 10.9 Å². The normalized spacial score (nSPS) is 12.6. The van der Waals surface area contributed by atoms with Crippen molar-refractivity contribution >= 4 is 34.1 Å². The second kappa shape index (κ2) is 5.41. The first kappa shape index (κ1) is 13.4. The summed E-state index contributed by atoms with van der Waals surface area (Å²) in [5.74, 6) is 0. The van der Waals surface area contributed by atoms with E-state index in [2.05, 4.69) is 4.98 Å². The molecule has 3 aromatic rings. The number of hydrogen-bond donors (Lipinski definition) is 1. The molecule has 1 atom stereocenters. The zero-order valence-electron chi connectivity index (χ0n) is 10.4. The second-order valence-electron chi connectivity index (χ2n) is 4.50. The summed E-state index contributed by atoms with van der Waals surface area (Å²) in [5.41, 5.74) is 2.10. The SMILES string of the molecule is OC(c1ccc(Cl)c(Cl)c1)c1ccc2ccccc2n1. The molecular formula is C16H11Cl2NO. The van der Waals surface area contributed by atoms with Gasteiger partial charge in [-0.05, 0) is 29.8 Å². The van der Waals surface area contributed by atoms with E-state index in [0.717, 1.165) is 10.9 Å². The van der Waals surface area contributed by atoms with Gasteiger partial charge in [0.05, 0.1) is 21.3 Å². The molecule has 1 aromatic heterocycles. The Kier molecular flexibility index (Phi) is 3.62. The lowest BCUT2D eigenvalue weighted by molar-refractivity contribution is 0.216. The van der Waals surface area contributed by atoms with Crippen molar-refractivity contribution in [1.29, 1.82) is 0 Å². The first-order valence-corrected chi connectivity index (χ1v) is 6.89. The van der Waals surface area contributed by atoms with Crippen molar-refractivity contribution in [3.05, 3.63) is 75.9 Å². The molecule has 0 amide bonds. The van der Waals surface area contributed by atoms with Crippen molar-refractivity contribution in [2.75, 3.05) is 0 Å². The van der Waals surface area contributed by atoms with Gasteiger partial charge < -0.3 is 5.11 Å². The monoisotopic (exact) mass is 303 g/mol. The van der Waals surface area contributed by atoms with Gasteiger partial charge in [-0.3, -0.25) is 0 Å². The van der Waals surface area contributed by atoms with E-state index >= 15 is 0 Å². The number of fused-ring (bicyclic) bond motifs is 1. The highest BCUT2D eigenvalue weighted by molar-refractivity contribution is 6.42. The number of nitrogens with zero attached hydrogens (tertiary/aromatic N) is 1. The van der Waals surface area contributed by atoms with Crippen LogP contribution in [0.1, 0.15) is 17.4 Å². The van der Waals surface area contributed by atoms with E-state index < -0.39 is 6.10 Å². The summed E-state index contributed by atoms with van der Waals surface area (Å²) >= 11 is 11.9. The summed E-state index contributed by atoms with van der Waals surface area (Å²) in [4.78, 5) is 4.48. The Morgan fingerprint density at radius 1 is 0.900 bits per heavy atom. The predicted molar refractivity (Wildman–Crippen MR) is 82.3 cm³/mol. The molecule has 2 nitrogen and oxygen atoms in total. The van der Waals surface area contributed by atoms with Crippen molar-refractivity contribution in [2.24, 2.45) is 0 Å². The van der Waals surface area contributed by atoms with Crippen LogP contribution >= 0.6 is 23.2 Å². The first-order chi connectivity index (χ1) is 9.65. The molecule has 0 aliphatic rings. The third-order valence-corrected chi connectivity index (χ3v) is 3.90. The quantitative estimate of drug-likeness (QED) is 0.749. The van der Waals surface area contributed by atoms with Crippen LogP contribution in [-0.4, -0.2) is 10.1 Å². The summed E-state index contributed by atoms with van der Waals surface area (Å²) in [5, 5.41) is 12.3. The summed E-state index contributed by atoms with van der Waals surface area (Å²) < 4.78 is 0. The van der Waals surface area contributed by atoms with Gasteiger partial charge in [-0.1, -0.05) is 53.5 Å². The lowest BCUT2D eigenvalue weighted by Gasteiger charge is -2.12. The van der Waals surface area contributed by atoms with Crippen LogP contribution in [-0.2, 0) is 0 Å². The number of pyridine rings is 1. The van der Waals surface area contributed by atoms with E-state index in [1.165, 1.54) is 0 Å². The Hall–Kier alpha value is -1.61. The standard InChI is InChI=1S/C16H11Cl2NO/c17-12-7-5-11(9-13(12)18)16(20)15-8-6-10-3-1-2-4-14(10)19-15/h1-9,16,20H. The highest BCUT2D eigenvalue weighted by Crippen LogP contribution is 2.28. The number of aliphatic hydroxyl groups excluding tert-OH is 1. The predicted octanol–water partition coefficient (Wildman–Crippen LogP) is 4.62. The Labute approximate surface area is 126 Å². The van der Waals surface area contributed by atoms with Gasteiger partial charge in [0.25, 0.3) is 0 Å².